The lowest BCUT2D eigenvalue weighted by Gasteiger charge is -2.41. The number of carbonyl (C=O) groups is 2. The van der Waals surface area contributed by atoms with Crippen molar-refractivity contribution in [2.24, 2.45) is 5.92 Å². The summed E-state index contributed by atoms with van der Waals surface area (Å²) in [6.45, 7) is 14.8. The Morgan fingerprint density at radius 2 is 1.57 bits per heavy atom. The molecule has 1 saturated carbocycles. The molecule has 206 valence electrons. The summed E-state index contributed by atoms with van der Waals surface area (Å²) in [7, 11) is 0. The fourth-order valence-corrected chi connectivity index (χ4v) is 6.54. The van der Waals surface area contributed by atoms with Crippen LogP contribution in [0.2, 0.25) is 0 Å². The normalized spacial score (nSPS) is 23.2. The van der Waals surface area contributed by atoms with E-state index in [1.807, 2.05) is 17.0 Å². The molecule has 37 heavy (non-hydrogen) atoms. The Bertz CT molecular complexity index is 879. The van der Waals surface area contributed by atoms with Gasteiger partial charge < -0.3 is 15.1 Å². The molecule has 2 aliphatic heterocycles. The van der Waals surface area contributed by atoms with Gasteiger partial charge in [-0.25, -0.2) is 0 Å². The van der Waals surface area contributed by atoms with Crippen LogP contribution in [0.4, 0.5) is 0 Å². The second-order valence-corrected chi connectivity index (χ2v) is 12.7. The van der Waals surface area contributed by atoms with Crippen molar-refractivity contribution in [3.63, 3.8) is 0 Å². The van der Waals surface area contributed by atoms with Gasteiger partial charge in [0.05, 0.1) is 6.04 Å². The number of piperazine rings is 1. The van der Waals surface area contributed by atoms with E-state index in [0.717, 1.165) is 51.0 Å². The molecular formula is C31H50N4O2. The Morgan fingerprint density at radius 3 is 2.19 bits per heavy atom. The van der Waals surface area contributed by atoms with Crippen LogP contribution in [0.1, 0.15) is 95.0 Å². The number of rotatable bonds is 8. The highest BCUT2D eigenvalue weighted by Crippen LogP contribution is 2.31. The topological polar surface area (TPSA) is 55.9 Å². The number of hydrogen-bond acceptors (Lipinski definition) is 4. The summed E-state index contributed by atoms with van der Waals surface area (Å²) in [5.41, 5.74) is 2.08. The molecule has 1 aromatic carbocycles. The van der Waals surface area contributed by atoms with Gasteiger partial charge in [0.1, 0.15) is 0 Å². The van der Waals surface area contributed by atoms with Gasteiger partial charge in [0, 0.05) is 50.9 Å². The zero-order valence-electron chi connectivity index (χ0n) is 23.8. The number of nitrogens with zero attached hydrogens (tertiary/aromatic N) is 3. The molecule has 1 aliphatic carbocycles. The molecule has 0 unspecified atom stereocenters. The highest BCUT2D eigenvalue weighted by Gasteiger charge is 2.37. The van der Waals surface area contributed by atoms with Crippen LogP contribution in [-0.2, 0) is 10.2 Å². The molecule has 3 fully saturated rings. The maximum atomic E-state index is 13.4. The Labute approximate surface area is 225 Å². The minimum absolute atomic E-state index is 0.0558. The summed E-state index contributed by atoms with van der Waals surface area (Å²) < 4.78 is 0. The summed E-state index contributed by atoms with van der Waals surface area (Å²) in [4.78, 5) is 33.5. The van der Waals surface area contributed by atoms with Crippen molar-refractivity contribution < 1.29 is 9.59 Å². The molecule has 6 heteroatoms. The number of piperidine rings is 1. The lowest BCUT2D eigenvalue weighted by Crippen LogP contribution is -2.58. The molecule has 2 atom stereocenters. The first-order chi connectivity index (χ1) is 17.7. The number of nitrogens with one attached hydrogen (secondary N) is 1. The third-order valence-corrected chi connectivity index (χ3v) is 8.97. The molecule has 0 bridgehead atoms. The van der Waals surface area contributed by atoms with Gasteiger partial charge in [-0.3, -0.25) is 14.5 Å². The number of carbonyl (C=O) groups excluding carboxylic acids is 2. The van der Waals surface area contributed by atoms with E-state index in [9.17, 15) is 9.59 Å². The van der Waals surface area contributed by atoms with Gasteiger partial charge in [-0.1, -0.05) is 52.2 Å². The average molecular weight is 511 g/mol. The number of amides is 2. The third-order valence-electron chi connectivity index (χ3n) is 8.97. The van der Waals surface area contributed by atoms with Gasteiger partial charge in [-0.2, -0.15) is 0 Å². The van der Waals surface area contributed by atoms with Crippen LogP contribution in [0.25, 0.3) is 0 Å². The molecule has 1 aromatic rings. The van der Waals surface area contributed by atoms with Crippen LogP contribution in [0.5, 0.6) is 0 Å². The first kappa shape index (κ1) is 28.1. The molecule has 6 nitrogen and oxygen atoms in total. The Morgan fingerprint density at radius 1 is 0.919 bits per heavy atom. The predicted octanol–water partition coefficient (Wildman–Crippen LogP) is 4.68. The van der Waals surface area contributed by atoms with Crippen LogP contribution in [0.3, 0.4) is 0 Å². The molecule has 0 radical (unpaired) electrons. The molecule has 0 aromatic heterocycles. The van der Waals surface area contributed by atoms with Crippen LogP contribution in [0.15, 0.2) is 24.3 Å². The molecule has 3 aliphatic rings. The lowest BCUT2D eigenvalue weighted by molar-refractivity contribution is -0.129. The maximum absolute atomic E-state index is 13.4. The minimum Gasteiger partial charge on any atom is -0.355 e. The second kappa shape index (κ2) is 12.8. The van der Waals surface area contributed by atoms with E-state index >= 15 is 0 Å². The highest BCUT2D eigenvalue weighted by molar-refractivity contribution is 5.94. The average Bonchev–Trinajstić information content (AvgIpc) is 3.42. The highest BCUT2D eigenvalue weighted by atomic mass is 16.2. The van der Waals surface area contributed by atoms with Crippen molar-refractivity contribution in [2.75, 3.05) is 45.8 Å². The SMILES string of the molecule is C[C@@H]1CCCCN1CCCNC(=O)[C@H](C1CCCC1)N1CCN(C(=O)c2ccc(C(C)(C)C)cc2)CC1. The molecule has 2 saturated heterocycles. The second-order valence-electron chi connectivity index (χ2n) is 12.7. The van der Waals surface area contributed by atoms with Crippen molar-refractivity contribution in [3.05, 3.63) is 35.4 Å². The van der Waals surface area contributed by atoms with E-state index < -0.39 is 0 Å². The zero-order chi connectivity index (χ0) is 26.4. The maximum Gasteiger partial charge on any atom is 0.253 e. The largest absolute Gasteiger partial charge is 0.355 e. The molecule has 1 N–H and O–H groups in total. The first-order valence-corrected chi connectivity index (χ1v) is 14.9. The van der Waals surface area contributed by atoms with Gasteiger partial charge in [-0.15, -0.1) is 0 Å². The fraction of sp³-hybridized carbons (Fsp3) is 0.742. The minimum atomic E-state index is -0.0558. The van der Waals surface area contributed by atoms with E-state index in [1.54, 1.807) is 0 Å². The van der Waals surface area contributed by atoms with Crippen molar-refractivity contribution in [1.29, 1.82) is 0 Å². The van der Waals surface area contributed by atoms with Crippen molar-refractivity contribution in [3.8, 4) is 0 Å². The number of hydrogen-bond donors (Lipinski definition) is 1. The van der Waals surface area contributed by atoms with E-state index in [1.165, 1.54) is 44.2 Å². The summed E-state index contributed by atoms with van der Waals surface area (Å²) >= 11 is 0. The standard InChI is InChI=1S/C31H50N4O2/c1-24-10-7-8-18-33(24)19-9-17-32-29(36)28(25-11-5-6-12-25)34-20-22-35(23-21-34)30(37)26-13-15-27(16-14-26)31(2,3)4/h13-16,24-25,28H,5-12,17-23H2,1-4H3,(H,32,36)/t24-,28+/m1/s1. The third kappa shape index (κ3) is 7.35. The summed E-state index contributed by atoms with van der Waals surface area (Å²) in [5.74, 6) is 0.749. The lowest BCUT2D eigenvalue weighted by atomic mass is 9.86. The monoisotopic (exact) mass is 510 g/mol. The van der Waals surface area contributed by atoms with Crippen LogP contribution >= 0.6 is 0 Å². The first-order valence-electron chi connectivity index (χ1n) is 14.9. The Hall–Kier alpha value is -1.92. The van der Waals surface area contributed by atoms with E-state index in [-0.39, 0.29) is 23.3 Å². The quantitative estimate of drug-likeness (QED) is 0.516. The van der Waals surface area contributed by atoms with E-state index in [4.69, 9.17) is 0 Å². The van der Waals surface area contributed by atoms with E-state index in [2.05, 4.69) is 54.9 Å². The summed E-state index contributed by atoms with van der Waals surface area (Å²) in [6.07, 6.45) is 9.70. The molecule has 0 spiro atoms. The smallest absolute Gasteiger partial charge is 0.253 e. The van der Waals surface area contributed by atoms with Crippen molar-refractivity contribution in [1.82, 2.24) is 20.0 Å². The Balaban J connectivity index is 1.29. The van der Waals surface area contributed by atoms with Gasteiger partial charge in [0.2, 0.25) is 5.91 Å². The molecule has 2 amide bonds. The Kier molecular flexibility index (Phi) is 9.68. The van der Waals surface area contributed by atoms with Crippen molar-refractivity contribution in [2.45, 2.75) is 96.6 Å². The van der Waals surface area contributed by atoms with Crippen LogP contribution in [-0.4, -0.2) is 84.4 Å². The summed E-state index contributed by atoms with van der Waals surface area (Å²) in [6, 6.07) is 8.71. The van der Waals surface area contributed by atoms with Crippen LogP contribution in [0, 0.1) is 5.92 Å². The van der Waals surface area contributed by atoms with Gasteiger partial charge >= 0.3 is 0 Å². The fourth-order valence-electron chi connectivity index (χ4n) is 6.54. The van der Waals surface area contributed by atoms with Crippen LogP contribution < -0.4 is 5.32 Å². The zero-order valence-corrected chi connectivity index (χ0v) is 23.8. The molecular weight excluding hydrogens is 460 g/mol. The number of benzene rings is 1. The van der Waals surface area contributed by atoms with Gasteiger partial charge in [0.25, 0.3) is 5.91 Å². The van der Waals surface area contributed by atoms with Crippen molar-refractivity contribution >= 4 is 11.8 Å². The van der Waals surface area contributed by atoms with E-state index in [0.29, 0.717) is 25.0 Å². The predicted molar refractivity (Wildman–Crippen MR) is 151 cm³/mol. The molecule has 2 heterocycles. The summed E-state index contributed by atoms with van der Waals surface area (Å²) in [5, 5.41) is 3.30. The number of likely N-dealkylation sites (tertiary alicyclic amines) is 1. The van der Waals surface area contributed by atoms with Gasteiger partial charge in [-0.05, 0) is 74.6 Å². The van der Waals surface area contributed by atoms with Gasteiger partial charge in [0.15, 0.2) is 0 Å². The molecule has 4 rings (SSSR count).